The first kappa shape index (κ1) is 20.4. The molecular weight excluding hydrogens is 420 g/mol. The molecule has 0 aliphatic carbocycles. The third-order valence-electron chi connectivity index (χ3n) is 3.90. The third kappa shape index (κ3) is 4.74. The first-order chi connectivity index (χ1) is 13.3. The summed E-state index contributed by atoms with van der Waals surface area (Å²) in [6.45, 7) is 0. The summed E-state index contributed by atoms with van der Waals surface area (Å²) >= 11 is 7.55. The number of sulfonamides is 1. The molecule has 0 aliphatic heterocycles. The molecule has 1 heterocycles. The number of carbonyl (C=O) groups is 1. The lowest BCUT2D eigenvalue weighted by Gasteiger charge is -2.12. The van der Waals surface area contributed by atoms with Crippen LogP contribution in [0.5, 0.6) is 0 Å². The number of nitrogens with one attached hydrogen (secondary N) is 1. The average molecular weight is 437 g/mol. The molecule has 0 bridgehead atoms. The van der Waals surface area contributed by atoms with E-state index in [0.29, 0.717) is 22.0 Å². The van der Waals surface area contributed by atoms with Crippen LogP contribution in [0.25, 0.3) is 5.69 Å². The number of halogens is 1. The molecule has 0 radical (unpaired) electrons. The lowest BCUT2D eigenvalue weighted by atomic mass is 10.1. The Hall–Kier alpha value is -2.33. The molecule has 146 valence electrons. The van der Waals surface area contributed by atoms with Gasteiger partial charge in [0.2, 0.25) is 15.9 Å². The topological polar surface area (TPSA) is 107 Å². The molecule has 1 amide bonds. The van der Waals surface area contributed by atoms with E-state index >= 15 is 0 Å². The lowest BCUT2D eigenvalue weighted by Crippen LogP contribution is -2.18. The van der Waals surface area contributed by atoms with Crippen LogP contribution >= 0.6 is 23.4 Å². The van der Waals surface area contributed by atoms with E-state index in [-0.39, 0.29) is 17.2 Å². The van der Waals surface area contributed by atoms with Crippen LogP contribution in [0.15, 0.2) is 64.6 Å². The zero-order chi connectivity index (χ0) is 20.3. The van der Waals surface area contributed by atoms with Gasteiger partial charge >= 0.3 is 0 Å². The molecule has 0 aliphatic rings. The maximum absolute atomic E-state index is 12.3. The minimum Gasteiger partial charge on any atom is -0.326 e. The number of benzene rings is 2. The first-order valence-corrected chi connectivity index (χ1v) is 11.2. The summed E-state index contributed by atoms with van der Waals surface area (Å²) in [7, 11) is -4.04. The van der Waals surface area contributed by atoms with Gasteiger partial charge in [-0.05, 0) is 36.1 Å². The van der Waals surface area contributed by atoms with Crippen LogP contribution < -0.4 is 10.5 Å². The Morgan fingerprint density at radius 1 is 1.29 bits per heavy atom. The normalized spacial score (nSPS) is 11.4. The quantitative estimate of drug-likeness (QED) is 0.577. The number of thioether (sulfide) groups is 1. The highest BCUT2D eigenvalue weighted by Gasteiger charge is 2.18. The number of nitrogens with two attached hydrogens (primary N) is 1. The molecule has 0 unspecified atom stereocenters. The van der Waals surface area contributed by atoms with Gasteiger partial charge in [0.15, 0.2) is 0 Å². The first-order valence-electron chi connectivity index (χ1n) is 8.07. The molecule has 3 N–H and O–H groups in total. The van der Waals surface area contributed by atoms with Crippen molar-refractivity contribution in [2.45, 2.75) is 16.2 Å². The molecule has 10 heteroatoms. The number of carbonyl (C=O) groups excluding carboxylic acids is 1. The second-order valence-electron chi connectivity index (χ2n) is 5.87. The van der Waals surface area contributed by atoms with E-state index in [4.69, 9.17) is 16.7 Å². The number of rotatable bonds is 6. The van der Waals surface area contributed by atoms with E-state index in [0.717, 1.165) is 4.90 Å². The van der Waals surface area contributed by atoms with Crippen LogP contribution in [0.3, 0.4) is 0 Å². The van der Waals surface area contributed by atoms with Crippen molar-refractivity contribution in [3.8, 4) is 5.69 Å². The van der Waals surface area contributed by atoms with Crippen LogP contribution in [0.4, 0.5) is 5.69 Å². The smallest absolute Gasteiger partial charge is 0.240 e. The molecule has 0 saturated heterocycles. The molecule has 3 aromatic rings. The van der Waals surface area contributed by atoms with Crippen molar-refractivity contribution in [1.82, 2.24) is 9.78 Å². The van der Waals surface area contributed by atoms with E-state index in [2.05, 4.69) is 10.4 Å². The summed E-state index contributed by atoms with van der Waals surface area (Å²) in [5.41, 5.74) is 1.28. The third-order valence-corrected chi connectivity index (χ3v) is 5.89. The fraction of sp³-hybridized carbons (Fsp3) is 0.111. The van der Waals surface area contributed by atoms with Gasteiger partial charge in [-0.3, -0.25) is 4.79 Å². The molecule has 0 fully saturated rings. The van der Waals surface area contributed by atoms with Crippen molar-refractivity contribution in [3.63, 3.8) is 0 Å². The highest BCUT2D eigenvalue weighted by molar-refractivity contribution is 7.98. The number of amides is 1. The minimum absolute atomic E-state index is 0.0579. The Morgan fingerprint density at radius 2 is 2.04 bits per heavy atom. The summed E-state index contributed by atoms with van der Waals surface area (Å²) < 4.78 is 25.6. The predicted molar refractivity (Wildman–Crippen MR) is 111 cm³/mol. The Labute approximate surface area is 171 Å². The van der Waals surface area contributed by atoms with Gasteiger partial charge in [0.1, 0.15) is 4.90 Å². The van der Waals surface area contributed by atoms with Crippen LogP contribution in [-0.4, -0.2) is 30.4 Å². The molecule has 7 nitrogen and oxygen atoms in total. The van der Waals surface area contributed by atoms with Gasteiger partial charge in [-0.2, -0.15) is 5.10 Å². The zero-order valence-corrected chi connectivity index (χ0v) is 17.2. The van der Waals surface area contributed by atoms with E-state index in [9.17, 15) is 13.2 Å². The number of aromatic nitrogens is 2. The summed E-state index contributed by atoms with van der Waals surface area (Å²) in [6.07, 6.45) is 5.27. The SMILES string of the molecule is CSc1cnn(-c2ccc(NC(=O)Cc3ccccc3Cl)cc2S(N)(=O)=O)c1. The zero-order valence-electron chi connectivity index (χ0n) is 14.8. The number of hydrogen-bond acceptors (Lipinski definition) is 5. The maximum atomic E-state index is 12.3. The van der Waals surface area contributed by atoms with Crippen LogP contribution in [0, 0.1) is 0 Å². The molecule has 3 rings (SSSR count). The van der Waals surface area contributed by atoms with Crippen molar-refractivity contribution in [2.75, 3.05) is 11.6 Å². The molecule has 28 heavy (non-hydrogen) atoms. The summed E-state index contributed by atoms with van der Waals surface area (Å²) in [4.78, 5) is 13.1. The molecule has 0 spiro atoms. The average Bonchev–Trinajstić information content (AvgIpc) is 3.12. The summed E-state index contributed by atoms with van der Waals surface area (Å²) in [5, 5.41) is 12.7. The van der Waals surface area contributed by atoms with Crippen molar-refractivity contribution in [1.29, 1.82) is 0 Å². The Morgan fingerprint density at radius 3 is 2.68 bits per heavy atom. The van der Waals surface area contributed by atoms with Gasteiger partial charge in [0.25, 0.3) is 0 Å². The second kappa shape index (κ2) is 8.36. The summed E-state index contributed by atoms with van der Waals surface area (Å²) in [6, 6.07) is 11.5. The van der Waals surface area contributed by atoms with Gasteiger partial charge in [0, 0.05) is 21.8 Å². The molecular formula is C18H17ClN4O3S2. The van der Waals surface area contributed by atoms with Crippen LogP contribution in [-0.2, 0) is 21.2 Å². The van der Waals surface area contributed by atoms with E-state index < -0.39 is 10.0 Å². The summed E-state index contributed by atoms with van der Waals surface area (Å²) in [5.74, 6) is -0.329. The van der Waals surface area contributed by atoms with Crippen molar-refractivity contribution in [2.24, 2.45) is 5.14 Å². The van der Waals surface area contributed by atoms with Gasteiger partial charge in [-0.25, -0.2) is 18.2 Å². The largest absolute Gasteiger partial charge is 0.326 e. The van der Waals surface area contributed by atoms with Crippen molar-refractivity contribution >= 4 is 45.0 Å². The monoisotopic (exact) mass is 436 g/mol. The molecule has 0 atom stereocenters. The van der Waals surface area contributed by atoms with Gasteiger partial charge in [-0.15, -0.1) is 11.8 Å². The lowest BCUT2D eigenvalue weighted by molar-refractivity contribution is -0.115. The highest BCUT2D eigenvalue weighted by atomic mass is 35.5. The van der Waals surface area contributed by atoms with Gasteiger partial charge in [0.05, 0.1) is 18.3 Å². The van der Waals surface area contributed by atoms with Crippen molar-refractivity contribution in [3.05, 3.63) is 65.4 Å². The number of nitrogens with zero attached hydrogens (tertiary/aromatic N) is 2. The van der Waals surface area contributed by atoms with Gasteiger partial charge in [-0.1, -0.05) is 29.8 Å². The Balaban J connectivity index is 1.89. The number of anilines is 1. The van der Waals surface area contributed by atoms with E-state index in [1.54, 1.807) is 48.8 Å². The fourth-order valence-electron chi connectivity index (χ4n) is 2.57. The molecule has 2 aromatic carbocycles. The Kier molecular flexibility index (Phi) is 6.09. The maximum Gasteiger partial charge on any atom is 0.240 e. The number of primary sulfonamides is 1. The van der Waals surface area contributed by atoms with E-state index in [1.807, 2.05) is 6.26 Å². The van der Waals surface area contributed by atoms with E-state index in [1.165, 1.54) is 22.5 Å². The van der Waals surface area contributed by atoms with Crippen LogP contribution in [0.2, 0.25) is 5.02 Å². The van der Waals surface area contributed by atoms with Gasteiger partial charge < -0.3 is 5.32 Å². The van der Waals surface area contributed by atoms with Crippen LogP contribution in [0.1, 0.15) is 5.56 Å². The predicted octanol–water partition coefficient (Wildman–Crippen LogP) is 3.08. The molecule has 0 saturated carbocycles. The number of hydrogen-bond donors (Lipinski definition) is 2. The van der Waals surface area contributed by atoms with Crippen molar-refractivity contribution < 1.29 is 13.2 Å². The molecule has 1 aromatic heterocycles. The minimum atomic E-state index is -4.04. The Bertz CT molecular complexity index is 1130. The second-order valence-corrected chi connectivity index (χ2v) is 8.69. The highest BCUT2D eigenvalue weighted by Crippen LogP contribution is 2.25. The fourth-order valence-corrected chi connectivity index (χ4v) is 3.88. The standard InChI is InChI=1S/C18H17ClN4O3S2/c1-27-14-10-21-23(11-14)16-7-6-13(9-17(16)28(20,25)26)22-18(24)8-12-4-2-3-5-15(12)19/h2-7,9-11H,8H2,1H3,(H,22,24)(H2,20,25,26).